The number of rotatable bonds is 6. The lowest BCUT2D eigenvalue weighted by Gasteiger charge is -2.22. The van der Waals surface area contributed by atoms with Gasteiger partial charge in [0.1, 0.15) is 0 Å². The average Bonchev–Trinajstić information content (AvgIpc) is 2.26. The van der Waals surface area contributed by atoms with Gasteiger partial charge >= 0.3 is 0 Å². The second kappa shape index (κ2) is 6.88. The van der Waals surface area contributed by atoms with E-state index in [2.05, 4.69) is 70.0 Å². The second-order valence-electron chi connectivity index (χ2n) is 8.00. The van der Waals surface area contributed by atoms with Crippen LogP contribution in [0.4, 0.5) is 0 Å². The van der Waals surface area contributed by atoms with Gasteiger partial charge in [0.2, 0.25) is 0 Å². The van der Waals surface area contributed by atoms with Crippen molar-refractivity contribution in [1.29, 1.82) is 0 Å². The van der Waals surface area contributed by atoms with Crippen LogP contribution in [0, 0.1) is 5.41 Å². The topological polar surface area (TPSA) is 32.3 Å². The standard InChI is InChI=1S/C17H31NOSi/c1-17(2,3)11-15(19)13-18-12-14-7-9-16(10-8-14)20(4,5)6/h7-10,15,18-19H,11-13H2,1-6H3. The van der Waals surface area contributed by atoms with Crippen LogP contribution in [0.3, 0.4) is 0 Å². The monoisotopic (exact) mass is 293 g/mol. The molecule has 0 aromatic heterocycles. The van der Waals surface area contributed by atoms with Crippen molar-refractivity contribution in [1.82, 2.24) is 5.32 Å². The van der Waals surface area contributed by atoms with Gasteiger partial charge in [0.25, 0.3) is 0 Å². The van der Waals surface area contributed by atoms with Gasteiger partial charge in [-0.25, -0.2) is 0 Å². The van der Waals surface area contributed by atoms with E-state index in [4.69, 9.17) is 0 Å². The predicted octanol–water partition coefficient (Wildman–Crippen LogP) is 3.12. The normalized spacial score (nSPS) is 14.3. The number of hydrogen-bond donors (Lipinski definition) is 2. The first kappa shape index (κ1) is 17.4. The summed E-state index contributed by atoms with van der Waals surface area (Å²) >= 11 is 0. The Morgan fingerprint density at radius 3 is 2.10 bits per heavy atom. The molecule has 0 heterocycles. The summed E-state index contributed by atoms with van der Waals surface area (Å²) in [6, 6.07) is 8.93. The van der Waals surface area contributed by atoms with Crippen LogP contribution in [0.5, 0.6) is 0 Å². The highest BCUT2D eigenvalue weighted by atomic mass is 28.3. The van der Waals surface area contributed by atoms with Gasteiger partial charge in [-0.1, -0.05) is 69.9 Å². The third-order valence-electron chi connectivity index (χ3n) is 3.38. The molecule has 2 N–H and O–H groups in total. The quantitative estimate of drug-likeness (QED) is 0.790. The molecule has 0 radical (unpaired) electrons. The maximum absolute atomic E-state index is 9.96. The minimum atomic E-state index is -1.19. The molecule has 1 atom stereocenters. The fraction of sp³-hybridized carbons (Fsp3) is 0.647. The maximum atomic E-state index is 9.96. The summed E-state index contributed by atoms with van der Waals surface area (Å²) in [6.45, 7) is 15.1. The zero-order chi connectivity index (χ0) is 15.4. The Labute approximate surface area is 125 Å². The Balaban J connectivity index is 2.39. The van der Waals surface area contributed by atoms with Crippen LogP contribution in [-0.2, 0) is 6.54 Å². The molecule has 0 bridgehead atoms. The Kier molecular flexibility index (Phi) is 5.99. The van der Waals surface area contributed by atoms with Gasteiger partial charge in [-0.05, 0) is 17.4 Å². The van der Waals surface area contributed by atoms with Gasteiger partial charge < -0.3 is 10.4 Å². The molecule has 114 valence electrons. The number of hydrogen-bond acceptors (Lipinski definition) is 2. The van der Waals surface area contributed by atoms with E-state index in [1.165, 1.54) is 10.8 Å². The Hall–Kier alpha value is -0.643. The molecule has 1 unspecified atom stereocenters. The van der Waals surface area contributed by atoms with Crippen molar-refractivity contribution >= 4 is 13.3 Å². The van der Waals surface area contributed by atoms with Crippen molar-refractivity contribution in [2.24, 2.45) is 5.41 Å². The molecule has 0 fully saturated rings. The SMILES string of the molecule is CC(C)(C)CC(O)CNCc1ccc([Si](C)(C)C)cc1. The van der Waals surface area contributed by atoms with Gasteiger partial charge in [0.15, 0.2) is 0 Å². The summed E-state index contributed by atoms with van der Waals surface area (Å²) in [5.41, 5.74) is 1.47. The van der Waals surface area contributed by atoms with E-state index in [1.807, 2.05) is 0 Å². The molecule has 0 amide bonds. The van der Waals surface area contributed by atoms with E-state index in [9.17, 15) is 5.11 Å². The van der Waals surface area contributed by atoms with Crippen LogP contribution in [0.2, 0.25) is 19.6 Å². The van der Waals surface area contributed by atoms with Crippen molar-refractivity contribution in [2.75, 3.05) is 6.54 Å². The summed E-state index contributed by atoms with van der Waals surface area (Å²) in [6.07, 6.45) is 0.561. The lowest BCUT2D eigenvalue weighted by molar-refractivity contribution is 0.119. The number of benzene rings is 1. The van der Waals surface area contributed by atoms with E-state index in [0.29, 0.717) is 6.54 Å². The van der Waals surface area contributed by atoms with Gasteiger partial charge in [0, 0.05) is 13.1 Å². The third-order valence-corrected chi connectivity index (χ3v) is 5.44. The van der Waals surface area contributed by atoms with Gasteiger partial charge in [-0.15, -0.1) is 0 Å². The molecular formula is C17H31NOSi. The molecule has 0 aliphatic rings. The molecule has 1 rings (SSSR count). The highest BCUT2D eigenvalue weighted by molar-refractivity contribution is 6.88. The zero-order valence-corrected chi connectivity index (χ0v) is 15.0. The van der Waals surface area contributed by atoms with Crippen molar-refractivity contribution in [2.45, 2.75) is 59.5 Å². The molecular weight excluding hydrogens is 262 g/mol. The molecule has 1 aromatic carbocycles. The molecule has 20 heavy (non-hydrogen) atoms. The van der Waals surface area contributed by atoms with Crippen LogP contribution < -0.4 is 10.5 Å². The van der Waals surface area contributed by atoms with E-state index < -0.39 is 8.07 Å². The highest BCUT2D eigenvalue weighted by Gasteiger charge is 2.17. The van der Waals surface area contributed by atoms with Crippen LogP contribution in [0.15, 0.2) is 24.3 Å². The summed E-state index contributed by atoms with van der Waals surface area (Å²) in [7, 11) is -1.19. The summed E-state index contributed by atoms with van der Waals surface area (Å²) in [5.74, 6) is 0. The Morgan fingerprint density at radius 1 is 1.10 bits per heavy atom. The van der Waals surface area contributed by atoms with Crippen molar-refractivity contribution in [3.8, 4) is 0 Å². The third kappa shape index (κ3) is 6.68. The Morgan fingerprint density at radius 2 is 1.65 bits per heavy atom. The first-order valence-corrected chi connectivity index (χ1v) is 11.1. The molecule has 0 aliphatic heterocycles. The lowest BCUT2D eigenvalue weighted by atomic mass is 9.89. The van der Waals surface area contributed by atoms with E-state index in [0.717, 1.165) is 13.0 Å². The first-order valence-electron chi connectivity index (χ1n) is 7.56. The summed E-state index contributed by atoms with van der Waals surface area (Å²) in [4.78, 5) is 0. The maximum Gasteiger partial charge on any atom is 0.0775 e. The first-order chi connectivity index (χ1) is 9.08. The van der Waals surface area contributed by atoms with Crippen molar-refractivity contribution in [3.63, 3.8) is 0 Å². The minimum absolute atomic E-state index is 0.181. The summed E-state index contributed by atoms with van der Waals surface area (Å²) < 4.78 is 0. The van der Waals surface area contributed by atoms with Crippen LogP contribution in [-0.4, -0.2) is 25.8 Å². The highest BCUT2D eigenvalue weighted by Crippen LogP contribution is 2.20. The molecule has 1 aromatic rings. The van der Waals surface area contributed by atoms with E-state index in [1.54, 1.807) is 0 Å². The minimum Gasteiger partial charge on any atom is -0.392 e. The number of aliphatic hydroxyl groups is 1. The van der Waals surface area contributed by atoms with Crippen LogP contribution in [0.25, 0.3) is 0 Å². The molecule has 0 saturated heterocycles. The number of nitrogens with one attached hydrogen (secondary N) is 1. The largest absolute Gasteiger partial charge is 0.392 e. The molecule has 0 spiro atoms. The predicted molar refractivity (Wildman–Crippen MR) is 91.2 cm³/mol. The fourth-order valence-corrected chi connectivity index (χ4v) is 3.45. The average molecular weight is 294 g/mol. The van der Waals surface area contributed by atoms with Gasteiger partial charge in [-0.3, -0.25) is 0 Å². The van der Waals surface area contributed by atoms with Crippen LogP contribution in [0.1, 0.15) is 32.8 Å². The van der Waals surface area contributed by atoms with Crippen molar-refractivity contribution < 1.29 is 5.11 Å². The molecule has 3 heteroatoms. The zero-order valence-electron chi connectivity index (χ0n) is 14.0. The Bertz CT molecular complexity index is 400. The van der Waals surface area contributed by atoms with Crippen molar-refractivity contribution in [3.05, 3.63) is 29.8 Å². The molecule has 0 saturated carbocycles. The lowest BCUT2D eigenvalue weighted by Crippen LogP contribution is -2.37. The van der Waals surface area contributed by atoms with Crippen LogP contribution >= 0.6 is 0 Å². The smallest absolute Gasteiger partial charge is 0.0775 e. The molecule has 0 aliphatic carbocycles. The van der Waals surface area contributed by atoms with E-state index in [-0.39, 0.29) is 11.5 Å². The number of aliphatic hydroxyl groups excluding tert-OH is 1. The van der Waals surface area contributed by atoms with E-state index >= 15 is 0 Å². The molecule has 2 nitrogen and oxygen atoms in total. The summed E-state index contributed by atoms with van der Waals surface area (Å²) in [5, 5.41) is 14.8. The fourth-order valence-electron chi connectivity index (χ4n) is 2.28. The van der Waals surface area contributed by atoms with Gasteiger partial charge in [-0.2, -0.15) is 0 Å². The van der Waals surface area contributed by atoms with Gasteiger partial charge in [0.05, 0.1) is 14.2 Å². The second-order valence-corrected chi connectivity index (χ2v) is 13.1.